The molecule has 1 unspecified atom stereocenters. The van der Waals surface area contributed by atoms with Gasteiger partial charge in [0.15, 0.2) is 23.0 Å². The molecular formula is C24H20F6N8O2. The summed E-state index contributed by atoms with van der Waals surface area (Å²) in [7, 11) is 2.79. The third-order valence-corrected chi connectivity index (χ3v) is 6.78. The molecule has 0 saturated heterocycles. The summed E-state index contributed by atoms with van der Waals surface area (Å²) >= 11 is 0. The minimum absolute atomic E-state index is 0.00738. The largest absolute Gasteiger partial charge is 0.494 e. The fourth-order valence-electron chi connectivity index (χ4n) is 4.53. The molecule has 4 heterocycles. The Morgan fingerprint density at radius 2 is 1.85 bits per heavy atom. The number of carbonyl (C=O) groups excluding carboxylic acids is 1. The molecule has 0 radical (unpaired) electrons. The molecule has 16 heteroatoms. The van der Waals surface area contributed by atoms with Gasteiger partial charge in [0.1, 0.15) is 28.6 Å². The number of alkyl halides is 5. The number of aromatic nitrogens is 6. The number of nitrogens with zero attached hydrogens (tertiary/aromatic N) is 6. The van der Waals surface area contributed by atoms with Crippen LogP contribution in [0.3, 0.4) is 0 Å². The van der Waals surface area contributed by atoms with E-state index >= 15 is 0 Å². The Morgan fingerprint density at radius 3 is 2.50 bits per heavy atom. The number of nitrogens with one attached hydrogen (secondary N) is 1. The number of fused-ring (bicyclic) bond motifs is 2. The molecule has 4 aromatic rings. The van der Waals surface area contributed by atoms with Gasteiger partial charge in [-0.25, -0.2) is 24.3 Å². The number of halogens is 6. The number of aryl methyl sites for hydroxylation is 2. The highest BCUT2D eigenvalue weighted by atomic mass is 19.4. The molecule has 1 aliphatic heterocycles. The van der Waals surface area contributed by atoms with Crippen LogP contribution in [0.1, 0.15) is 30.3 Å². The minimum Gasteiger partial charge on any atom is -0.494 e. The number of nitrogen functional groups attached to an aromatic ring is 1. The number of carbonyl (C=O) groups is 1. The second kappa shape index (κ2) is 9.02. The van der Waals surface area contributed by atoms with Crippen molar-refractivity contribution in [3.8, 4) is 17.3 Å². The van der Waals surface area contributed by atoms with Crippen molar-refractivity contribution in [1.29, 1.82) is 0 Å². The van der Waals surface area contributed by atoms with Gasteiger partial charge in [-0.15, -0.1) is 0 Å². The Balaban J connectivity index is 1.60. The van der Waals surface area contributed by atoms with Gasteiger partial charge < -0.3 is 15.8 Å². The van der Waals surface area contributed by atoms with Crippen molar-refractivity contribution in [1.82, 2.24) is 29.7 Å². The summed E-state index contributed by atoms with van der Waals surface area (Å²) in [5, 5.41) is 6.91. The van der Waals surface area contributed by atoms with Crippen molar-refractivity contribution in [3.05, 3.63) is 47.2 Å². The molecule has 1 aromatic carbocycles. The number of hydrogen-bond acceptors (Lipinski definition) is 8. The lowest BCUT2D eigenvalue weighted by atomic mass is 9.77. The first-order chi connectivity index (χ1) is 18.7. The van der Waals surface area contributed by atoms with Gasteiger partial charge in [-0.3, -0.25) is 9.48 Å². The number of benzene rings is 1. The van der Waals surface area contributed by atoms with E-state index in [2.05, 4.69) is 30.4 Å². The highest BCUT2D eigenvalue weighted by molar-refractivity contribution is 6.09. The molecule has 1 atom stereocenters. The zero-order chi connectivity index (χ0) is 29.2. The van der Waals surface area contributed by atoms with E-state index in [1.807, 2.05) is 0 Å². The fourth-order valence-corrected chi connectivity index (χ4v) is 4.53. The Kier molecular flexibility index (Phi) is 6.11. The standard InChI is InChI=1S/C24H20F6N8O2/c1-22(10-4-5-13(40-3)12(25)8-10)15-17(31)35-19(36-18(15)37-21(22)39)16-11-9-32-38(2)20(11)34-14(33-16)6-7-23(26,27)24(28,29)30/h4-5,8-9H,6-7H2,1-3H3,(H3,31,35,36,37,39). The predicted molar refractivity (Wildman–Crippen MR) is 129 cm³/mol. The molecule has 0 bridgehead atoms. The van der Waals surface area contributed by atoms with Crippen molar-refractivity contribution < 1.29 is 35.9 Å². The molecule has 1 amide bonds. The summed E-state index contributed by atoms with van der Waals surface area (Å²) in [6.45, 7) is 1.51. The molecule has 40 heavy (non-hydrogen) atoms. The molecule has 3 aromatic heterocycles. The van der Waals surface area contributed by atoms with E-state index in [4.69, 9.17) is 10.5 Å². The monoisotopic (exact) mass is 566 g/mol. The first-order valence-corrected chi connectivity index (χ1v) is 11.6. The van der Waals surface area contributed by atoms with Gasteiger partial charge in [0.2, 0.25) is 5.91 Å². The van der Waals surface area contributed by atoms with Gasteiger partial charge in [0.05, 0.1) is 24.3 Å². The number of amides is 1. The van der Waals surface area contributed by atoms with Crippen LogP contribution in [0.5, 0.6) is 5.75 Å². The summed E-state index contributed by atoms with van der Waals surface area (Å²) in [6.07, 6.45) is -6.80. The number of anilines is 2. The number of hydrogen-bond donors (Lipinski definition) is 2. The maximum absolute atomic E-state index is 14.5. The Morgan fingerprint density at radius 1 is 1.12 bits per heavy atom. The molecule has 5 rings (SSSR count). The maximum Gasteiger partial charge on any atom is 0.453 e. The van der Waals surface area contributed by atoms with Crippen LogP contribution >= 0.6 is 0 Å². The number of rotatable bonds is 6. The van der Waals surface area contributed by atoms with Gasteiger partial charge >= 0.3 is 12.1 Å². The first-order valence-electron chi connectivity index (χ1n) is 11.6. The van der Waals surface area contributed by atoms with Gasteiger partial charge in [-0.05, 0) is 24.6 Å². The van der Waals surface area contributed by atoms with Crippen molar-refractivity contribution in [3.63, 3.8) is 0 Å². The van der Waals surface area contributed by atoms with E-state index < -0.39 is 42.1 Å². The highest BCUT2D eigenvalue weighted by Crippen LogP contribution is 2.46. The lowest BCUT2D eigenvalue weighted by molar-refractivity contribution is -0.284. The summed E-state index contributed by atoms with van der Waals surface area (Å²) in [6, 6.07) is 3.99. The van der Waals surface area contributed by atoms with E-state index in [0.29, 0.717) is 0 Å². The Bertz CT molecular complexity index is 1670. The SMILES string of the molecule is COc1ccc(C2(C)C(=O)Nc3nc(-c4nc(CCC(F)(F)C(F)(F)F)nc5c4cnn5C)nc(N)c32)cc1F. The van der Waals surface area contributed by atoms with Crippen molar-refractivity contribution in [2.45, 2.75) is 37.3 Å². The van der Waals surface area contributed by atoms with E-state index in [0.717, 1.165) is 6.07 Å². The molecule has 1 aliphatic rings. The lowest BCUT2D eigenvalue weighted by Crippen LogP contribution is -2.36. The van der Waals surface area contributed by atoms with Crippen LogP contribution in [0, 0.1) is 5.82 Å². The Hall–Kier alpha value is -4.50. The maximum atomic E-state index is 14.5. The van der Waals surface area contributed by atoms with Crippen LogP contribution in [0.15, 0.2) is 24.4 Å². The topological polar surface area (TPSA) is 134 Å². The lowest BCUT2D eigenvalue weighted by Gasteiger charge is -2.24. The normalized spacial score (nSPS) is 17.3. The smallest absolute Gasteiger partial charge is 0.453 e. The Labute approximate surface area is 221 Å². The van der Waals surface area contributed by atoms with Crippen LogP contribution < -0.4 is 15.8 Å². The number of methoxy groups -OCH3 is 1. The van der Waals surface area contributed by atoms with Crippen LogP contribution in [0.2, 0.25) is 0 Å². The minimum atomic E-state index is -5.73. The zero-order valence-corrected chi connectivity index (χ0v) is 21.1. The molecule has 0 spiro atoms. The molecule has 0 fully saturated rings. The van der Waals surface area contributed by atoms with Gasteiger partial charge in [-0.1, -0.05) is 6.07 Å². The summed E-state index contributed by atoms with van der Waals surface area (Å²) in [5.41, 5.74) is 5.27. The average Bonchev–Trinajstić information content (AvgIpc) is 3.38. The van der Waals surface area contributed by atoms with Crippen molar-refractivity contribution in [2.75, 3.05) is 18.2 Å². The first kappa shape index (κ1) is 27.1. The van der Waals surface area contributed by atoms with Gasteiger partial charge in [-0.2, -0.15) is 27.1 Å². The summed E-state index contributed by atoms with van der Waals surface area (Å²) in [4.78, 5) is 30.0. The molecule has 3 N–H and O–H groups in total. The van der Waals surface area contributed by atoms with Crippen LogP contribution in [-0.4, -0.2) is 54.8 Å². The predicted octanol–water partition coefficient (Wildman–Crippen LogP) is 3.94. The van der Waals surface area contributed by atoms with Crippen LogP contribution in [0.4, 0.5) is 38.0 Å². The second-order valence-electron chi connectivity index (χ2n) is 9.28. The third kappa shape index (κ3) is 4.14. The quantitative estimate of drug-likeness (QED) is 0.336. The molecule has 0 saturated carbocycles. The van der Waals surface area contributed by atoms with E-state index in [9.17, 15) is 31.1 Å². The second-order valence-corrected chi connectivity index (χ2v) is 9.28. The highest BCUT2D eigenvalue weighted by Gasteiger charge is 2.56. The molecule has 210 valence electrons. The summed E-state index contributed by atoms with van der Waals surface area (Å²) < 4.78 is 86.0. The molecule has 10 nitrogen and oxygen atoms in total. The van der Waals surface area contributed by atoms with Crippen LogP contribution in [-0.2, 0) is 23.7 Å². The van der Waals surface area contributed by atoms with Crippen molar-refractivity contribution >= 4 is 28.6 Å². The molecular weight excluding hydrogens is 546 g/mol. The van der Waals surface area contributed by atoms with E-state index in [1.165, 1.54) is 44.1 Å². The van der Waals surface area contributed by atoms with E-state index in [-0.39, 0.29) is 56.9 Å². The number of nitrogens with two attached hydrogens (primary N) is 1. The zero-order valence-electron chi connectivity index (χ0n) is 21.1. The fraction of sp³-hybridized carbons (Fsp3) is 0.333. The van der Waals surface area contributed by atoms with Gasteiger partial charge in [0, 0.05) is 19.9 Å². The average molecular weight is 566 g/mol. The third-order valence-electron chi connectivity index (χ3n) is 6.78. The van der Waals surface area contributed by atoms with Gasteiger partial charge in [0.25, 0.3) is 0 Å². The van der Waals surface area contributed by atoms with Crippen molar-refractivity contribution in [2.24, 2.45) is 7.05 Å². The van der Waals surface area contributed by atoms with E-state index in [1.54, 1.807) is 0 Å². The molecule has 0 aliphatic carbocycles. The summed E-state index contributed by atoms with van der Waals surface area (Å²) in [5.74, 6) is -6.94. The van der Waals surface area contributed by atoms with Crippen LogP contribution in [0.25, 0.3) is 22.6 Å². The number of ether oxygens (including phenoxy) is 1.